The van der Waals surface area contributed by atoms with Crippen LogP contribution in [0.25, 0.3) is 0 Å². The van der Waals surface area contributed by atoms with Crippen molar-refractivity contribution < 1.29 is 14.3 Å². The summed E-state index contributed by atoms with van der Waals surface area (Å²) < 4.78 is 11.2. The first-order valence-corrected chi connectivity index (χ1v) is 6.23. The Morgan fingerprint density at radius 1 is 1.35 bits per heavy atom. The normalized spacial score (nSPS) is 18.6. The average Bonchev–Trinajstić information content (AvgIpc) is 2.52. The summed E-state index contributed by atoms with van der Waals surface area (Å²) >= 11 is 5.56. The highest BCUT2D eigenvalue weighted by atomic mass is 35.5. The van der Waals surface area contributed by atoms with Gasteiger partial charge in [0.25, 0.3) is 0 Å². The SMILES string of the molecule is CC1COc2ccc(C(=O)CCCl)cc2OC1. The van der Waals surface area contributed by atoms with Crippen molar-refractivity contribution in [3.05, 3.63) is 23.8 Å². The van der Waals surface area contributed by atoms with Crippen LogP contribution < -0.4 is 9.47 Å². The quantitative estimate of drug-likeness (QED) is 0.615. The van der Waals surface area contributed by atoms with Gasteiger partial charge in [0, 0.05) is 23.8 Å². The number of halogens is 1. The molecule has 0 spiro atoms. The number of Topliss-reactive ketones (excluding diaryl/α,β-unsaturated/α-hetero) is 1. The monoisotopic (exact) mass is 254 g/mol. The minimum absolute atomic E-state index is 0.0312. The number of alkyl halides is 1. The molecule has 0 radical (unpaired) electrons. The number of ether oxygens (including phenoxy) is 2. The van der Waals surface area contributed by atoms with E-state index in [1.165, 1.54) is 0 Å². The molecule has 17 heavy (non-hydrogen) atoms. The van der Waals surface area contributed by atoms with Gasteiger partial charge in [-0.15, -0.1) is 11.6 Å². The maximum absolute atomic E-state index is 11.7. The molecule has 0 amide bonds. The first-order chi connectivity index (χ1) is 8.20. The molecule has 1 unspecified atom stereocenters. The molecule has 1 atom stereocenters. The van der Waals surface area contributed by atoms with E-state index < -0.39 is 0 Å². The highest BCUT2D eigenvalue weighted by Crippen LogP contribution is 2.31. The van der Waals surface area contributed by atoms with Gasteiger partial charge in [-0.05, 0) is 18.2 Å². The third-order valence-corrected chi connectivity index (χ3v) is 2.82. The van der Waals surface area contributed by atoms with Crippen molar-refractivity contribution in [2.75, 3.05) is 19.1 Å². The van der Waals surface area contributed by atoms with E-state index in [9.17, 15) is 4.79 Å². The Morgan fingerprint density at radius 2 is 2.06 bits per heavy atom. The van der Waals surface area contributed by atoms with Gasteiger partial charge in [-0.25, -0.2) is 0 Å². The summed E-state index contributed by atoms with van der Waals surface area (Å²) in [6, 6.07) is 5.28. The molecule has 0 saturated carbocycles. The summed E-state index contributed by atoms with van der Waals surface area (Å²) in [5, 5.41) is 0. The fourth-order valence-corrected chi connectivity index (χ4v) is 1.83. The molecular weight excluding hydrogens is 240 g/mol. The topological polar surface area (TPSA) is 35.5 Å². The number of rotatable bonds is 3. The van der Waals surface area contributed by atoms with Crippen molar-refractivity contribution in [1.29, 1.82) is 0 Å². The zero-order valence-electron chi connectivity index (χ0n) is 9.74. The summed E-state index contributed by atoms with van der Waals surface area (Å²) in [5.74, 6) is 2.07. The second-order valence-electron chi connectivity index (χ2n) is 4.25. The van der Waals surface area contributed by atoms with Crippen LogP contribution >= 0.6 is 11.6 Å². The smallest absolute Gasteiger partial charge is 0.164 e. The molecule has 2 rings (SSSR count). The maximum Gasteiger partial charge on any atom is 0.164 e. The average molecular weight is 255 g/mol. The van der Waals surface area contributed by atoms with Gasteiger partial charge in [0.1, 0.15) is 0 Å². The number of fused-ring (bicyclic) bond motifs is 1. The summed E-state index contributed by atoms with van der Waals surface area (Å²) in [6.07, 6.45) is 0.345. The fourth-order valence-electron chi connectivity index (χ4n) is 1.66. The molecule has 1 aliphatic heterocycles. The van der Waals surface area contributed by atoms with Crippen LogP contribution in [0.1, 0.15) is 23.7 Å². The van der Waals surface area contributed by atoms with Crippen LogP contribution in [0.3, 0.4) is 0 Å². The molecule has 4 heteroatoms. The van der Waals surface area contributed by atoms with E-state index >= 15 is 0 Å². The van der Waals surface area contributed by atoms with Crippen molar-refractivity contribution in [2.24, 2.45) is 5.92 Å². The number of hydrogen-bond acceptors (Lipinski definition) is 3. The Balaban J connectivity index is 2.22. The number of carbonyl (C=O) groups excluding carboxylic acids is 1. The van der Waals surface area contributed by atoms with Crippen molar-refractivity contribution in [3.8, 4) is 11.5 Å². The van der Waals surface area contributed by atoms with Crippen LogP contribution in [0.15, 0.2) is 18.2 Å². The van der Waals surface area contributed by atoms with Gasteiger partial charge in [-0.2, -0.15) is 0 Å². The molecule has 0 aliphatic carbocycles. The molecule has 3 nitrogen and oxygen atoms in total. The molecule has 0 fully saturated rings. The Bertz CT molecular complexity index is 417. The van der Waals surface area contributed by atoms with Gasteiger partial charge in [-0.1, -0.05) is 6.92 Å². The molecule has 0 bridgehead atoms. The Morgan fingerprint density at radius 3 is 2.76 bits per heavy atom. The van der Waals surface area contributed by atoms with Crippen LogP contribution in [-0.2, 0) is 0 Å². The van der Waals surface area contributed by atoms with Crippen molar-refractivity contribution in [1.82, 2.24) is 0 Å². The molecule has 1 heterocycles. The van der Waals surface area contributed by atoms with Crippen molar-refractivity contribution >= 4 is 17.4 Å². The summed E-state index contributed by atoms with van der Waals surface area (Å²) in [5.41, 5.74) is 0.627. The van der Waals surface area contributed by atoms with E-state index in [1.807, 2.05) is 0 Å². The van der Waals surface area contributed by atoms with E-state index in [2.05, 4.69) is 6.92 Å². The Kier molecular flexibility index (Phi) is 3.89. The third-order valence-electron chi connectivity index (χ3n) is 2.63. The Hall–Kier alpha value is -1.22. The summed E-state index contributed by atoms with van der Waals surface area (Å²) in [6.45, 7) is 3.31. The van der Waals surface area contributed by atoms with Gasteiger partial charge in [-0.3, -0.25) is 4.79 Å². The van der Waals surface area contributed by atoms with E-state index in [1.54, 1.807) is 18.2 Å². The fraction of sp³-hybridized carbons (Fsp3) is 0.462. The summed E-state index contributed by atoms with van der Waals surface area (Å²) in [4.78, 5) is 11.7. The zero-order chi connectivity index (χ0) is 12.3. The van der Waals surface area contributed by atoms with E-state index in [0.29, 0.717) is 48.5 Å². The minimum atomic E-state index is 0.0312. The summed E-state index contributed by atoms with van der Waals surface area (Å²) in [7, 11) is 0. The Labute approximate surface area is 106 Å². The van der Waals surface area contributed by atoms with Gasteiger partial charge in [0.15, 0.2) is 17.3 Å². The predicted octanol–water partition coefficient (Wildman–Crippen LogP) is 2.91. The molecule has 1 aliphatic rings. The largest absolute Gasteiger partial charge is 0.489 e. The number of hydrogen-bond donors (Lipinski definition) is 0. The molecule has 1 aromatic carbocycles. The van der Waals surface area contributed by atoms with E-state index in [0.717, 1.165) is 0 Å². The van der Waals surface area contributed by atoms with Crippen LogP contribution in [-0.4, -0.2) is 24.9 Å². The maximum atomic E-state index is 11.7. The van der Waals surface area contributed by atoms with E-state index in [4.69, 9.17) is 21.1 Å². The van der Waals surface area contributed by atoms with Crippen LogP contribution in [0.4, 0.5) is 0 Å². The standard InChI is InChI=1S/C13H15ClO3/c1-9-7-16-12-3-2-10(11(15)4-5-14)6-13(12)17-8-9/h2-3,6,9H,4-5,7-8H2,1H3. The van der Waals surface area contributed by atoms with Crippen LogP contribution in [0, 0.1) is 5.92 Å². The van der Waals surface area contributed by atoms with Gasteiger partial charge < -0.3 is 9.47 Å². The van der Waals surface area contributed by atoms with Gasteiger partial charge in [0.2, 0.25) is 0 Å². The van der Waals surface area contributed by atoms with Crippen LogP contribution in [0.2, 0.25) is 0 Å². The van der Waals surface area contributed by atoms with Crippen molar-refractivity contribution in [3.63, 3.8) is 0 Å². The molecule has 0 saturated heterocycles. The van der Waals surface area contributed by atoms with Crippen molar-refractivity contribution in [2.45, 2.75) is 13.3 Å². The highest BCUT2D eigenvalue weighted by molar-refractivity contribution is 6.19. The first-order valence-electron chi connectivity index (χ1n) is 5.69. The molecule has 0 N–H and O–H groups in total. The molecule has 0 aromatic heterocycles. The minimum Gasteiger partial charge on any atom is -0.489 e. The first kappa shape index (κ1) is 12.2. The zero-order valence-corrected chi connectivity index (χ0v) is 10.5. The second-order valence-corrected chi connectivity index (χ2v) is 4.63. The third kappa shape index (κ3) is 2.91. The predicted molar refractivity (Wildman–Crippen MR) is 66.3 cm³/mol. The van der Waals surface area contributed by atoms with Crippen LogP contribution in [0.5, 0.6) is 11.5 Å². The number of ketones is 1. The lowest BCUT2D eigenvalue weighted by Crippen LogP contribution is -2.12. The molecule has 1 aromatic rings. The highest BCUT2D eigenvalue weighted by Gasteiger charge is 2.16. The lowest BCUT2D eigenvalue weighted by Gasteiger charge is -2.08. The number of benzene rings is 1. The lowest BCUT2D eigenvalue weighted by molar-refractivity contribution is 0.0988. The number of carbonyl (C=O) groups is 1. The second kappa shape index (κ2) is 5.41. The molecule has 92 valence electrons. The lowest BCUT2D eigenvalue weighted by atomic mass is 10.1. The van der Waals surface area contributed by atoms with E-state index in [-0.39, 0.29) is 5.78 Å². The molecular formula is C13H15ClO3. The van der Waals surface area contributed by atoms with Gasteiger partial charge in [0.05, 0.1) is 13.2 Å². The van der Waals surface area contributed by atoms with Gasteiger partial charge >= 0.3 is 0 Å².